The molecule has 0 atom stereocenters. The fourth-order valence-electron chi connectivity index (χ4n) is 2.38. The molecule has 140 valence electrons. The third-order valence-corrected chi connectivity index (χ3v) is 4.36. The molecule has 0 unspecified atom stereocenters. The molecule has 9 heteroatoms. The Morgan fingerprint density at radius 1 is 1.19 bits per heavy atom. The third-order valence-electron chi connectivity index (χ3n) is 3.56. The van der Waals surface area contributed by atoms with E-state index in [-0.39, 0.29) is 18.2 Å². The van der Waals surface area contributed by atoms with E-state index in [2.05, 4.69) is 4.98 Å². The Balaban J connectivity index is 2.40. The molecule has 0 saturated heterocycles. The molecule has 26 heavy (non-hydrogen) atoms. The van der Waals surface area contributed by atoms with E-state index in [1.165, 1.54) is 11.0 Å². The van der Waals surface area contributed by atoms with Gasteiger partial charge in [0.25, 0.3) is 5.91 Å². The van der Waals surface area contributed by atoms with E-state index in [0.717, 1.165) is 6.20 Å². The largest absolute Gasteiger partial charge is 0.417 e. The van der Waals surface area contributed by atoms with Gasteiger partial charge in [-0.2, -0.15) is 13.2 Å². The van der Waals surface area contributed by atoms with Crippen LogP contribution in [0.15, 0.2) is 30.5 Å². The summed E-state index contributed by atoms with van der Waals surface area (Å²) in [6.07, 6.45) is -3.33. The van der Waals surface area contributed by atoms with Crippen molar-refractivity contribution >= 4 is 40.7 Å². The van der Waals surface area contributed by atoms with Crippen LogP contribution in [-0.2, 0) is 12.7 Å². The quantitative estimate of drug-likeness (QED) is 0.541. The summed E-state index contributed by atoms with van der Waals surface area (Å²) < 4.78 is 39.8. The zero-order valence-corrected chi connectivity index (χ0v) is 15.8. The summed E-state index contributed by atoms with van der Waals surface area (Å²) >= 11 is 17.5. The summed E-state index contributed by atoms with van der Waals surface area (Å²) in [4.78, 5) is 17.7. The van der Waals surface area contributed by atoms with Gasteiger partial charge < -0.3 is 4.90 Å². The standard InChI is InChI=1S/C17H14Cl3F3N2O/c1-2-5-25(9-10-3-4-11(18)6-14(10)19)16(26)12-8-24-15(20)7-13(12)17(21,22)23/h3-4,6-8H,2,5,9H2,1H3. The molecule has 3 nitrogen and oxygen atoms in total. The van der Waals surface area contributed by atoms with Crippen molar-refractivity contribution in [3.63, 3.8) is 0 Å². The Morgan fingerprint density at radius 3 is 2.46 bits per heavy atom. The lowest BCUT2D eigenvalue weighted by Gasteiger charge is -2.24. The van der Waals surface area contributed by atoms with Crippen LogP contribution in [0.1, 0.15) is 34.8 Å². The molecule has 2 rings (SSSR count). The van der Waals surface area contributed by atoms with E-state index in [1.54, 1.807) is 12.1 Å². The normalized spacial score (nSPS) is 11.5. The monoisotopic (exact) mass is 424 g/mol. The average Bonchev–Trinajstić information content (AvgIpc) is 2.55. The number of carbonyl (C=O) groups is 1. The molecule has 2 aromatic rings. The number of amides is 1. The number of carbonyl (C=O) groups excluding carboxylic acids is 1. The lowest BCUT2D eigenvalue weighted by Crippen LogP contribution is -2.33. The number of rotatable bonds is 5. The first-order valence-corrected chi connectivity index (χ1v) is 8.72. The lowest BCUT2D eigenvalue weighted by atomic mass is 10.1. The number of alkyl halides is 3. The summed E-state index contributed by atoms with van der Waals surface area (Å²) in [5.74, 6) is -0.797. The van der Waals surface area contributed by atoms with E-state index in [1.807, 2.05) is 6.92 Å². The van der Waals surface area contributed by atoms with E-state index in [0.29, 0.717) is 28.1 Å². The Bertz CT molecular complexity index is 812. The highest BCUT2D eigenvalue weighted by Crippen LogP contribution is 2.34. The van der Waals surface area contributed by atoms with E-state index < -0.39 is 23.2 Å². The van der Waals surface area contributed by atoms with Crippen LogP contribution in [-0.4, -0.2) is 22.3 Å². The van der Waals surface area contributed by atoms with Gasteiger partial charge in [0.2, 0.25) is 0 Å². The number of benzene rings is 1. The SMILES string of the molecule is CCCN(Cc1ccc(Cl)cc1Cl)C(=O)c1cnc(Cl)cc1C(F)(F)F. The highest BCUT2D eigenvalue weighted by atomic mass is 35.5. The van der Waals surface area contributed by atoms with Crippen molar-refractivity contribution in [2.24, 2.45) is 0 Å². The molecule has 0 aliphatic rings. The second kappa shape index (κ2) is 8.46. The number of nitrogens with zero attached hydrogens (tertiary/aromatic N) is 2. The Morgan fingerprint density at radius 2 is 1.88 bits per heavy atom. The van der Waals surface area contributed by atoms with Gasteiger partial charge in [-0.05, 0) is 30.2 Å². The molecule has 1 aromatic carbocycles. The Labute approximate surface area is 163 Å². The van der Waals surface area contributed by atoms with Gasteiger partial charge in [0.15, 0.2) is 0 Å². The zero-order chi connectivity index (χ0) is 19.5. The molecule has 0 bridgehead atoms. The van der Waals surface area contributed by atoms with Gasteiger partial charge >= 0.3 is 6.18 Å². The molecule has 0 saturated carbocycles. The van der Waals surface area contributed by atoms with Crippen LogP contribution in [0.5, 0.6) is 0 Å². The molecular weight excluding hydrogens is 412 g/mol. The number of hydrogen-bond acceptors (Lipinski definition) is 2. The summed E-state index contributed by atoms with van der Waals surface area (Å²) in [6.45, 7) is 2.11. The van der Waals surface area contributed by atoms with E-state index >= 15 is 0 Å². The molecule has 0 fully saturated rings. The molecule has 0 aliphatic carbocycles. The minimum absolute atomic E-state index is 0.0442. The predicted octanol–water partition coefficient (Wildman–Crippen LogP) is 6.11. The van der Waals surface area contributed by atoms with Crippen molar-refractivity contribution in [3.8, 4) is 0 Å². The number of hydrogen-bond donors (Lipinski definition) is 0. The summed E-state index contributed by atoms with van der Waals surface area (Å²) in [7, 11) is 0. The topological polar surface area (TPSA) is 33.2 Å². The molecule has 1 aromatic heterocycles. The van der Waals surface area contributed by atoms with E-state index in [9.17, 15) is 18.0 Å². The fraction of sp³-hybridized carbons (Fsp3) is 0.294. The smallest absolute Gasteiger partial charge is 0.334 e. The fourth-order valence-corrected chi connectivity index (χ4v) is 3.01. The van der Waals surface area contributed by atoms with Crippen molar-refractivity contribution in [2.75, 3.05) is 6.54 Å². The number of aromatic nitrogens is 1. The maximum atomic E-state index is 13.3. The van der Waals surface area contributed by atoms with Gasteiger partial charge in [-0.1, -0.05) is 47.8 Å². The maximum absolute atomic E-state index is 13.3. The van der Waals surface area contributed by atoms with Crippen LogP contribution >= 0.6 is 34.8 Å². The first kappa shape index (κ1) is 20.8. The molecule has 1 heterocycles. The van der Waals surface area contributed by atoms with Crippen LogP contribution in [0.4, 0.5) is 13.2 Å². The van der Waals surface area contributed by atoms with Crippen LogP contribution in [0.25, 0.3) is 0 Å². The van der Waals surface area contributed by atoms with Crippen molar-refractivity contribution in [1.29, 1.82) is 0 Å². The van der Waals surface area contributed by atoms with Crippen molar-refractivity contribution in [3.05, 3.63) is 62.4 Å². The summed E-state index contributed by atoms with van der Waals surface area (Å²) in [5.41, 5.74) is -1.10. The minimum atomic E-state index is -4.73. The van der Waals surface area contributed by atoms with Gasteiger partial charge in [-0.15, -0.1) is 0 Å². The highest BCUT2D eigenvalue weighted by Gasteiger charge is 2.37. The van der Waals surface area contributed by atoms with Crippen LogP contribution in [0.2, 0.25) is 15.2 Å². The van der Waals surface area contributed by atoms with E-state index in [4.69, 9.17) is 34.8 Å². The van der Waals surface area contributed by atoms with Crippen molar-refractivity contribution in [2.45, 2.75) is 26.1 Å². The van der Waals surface area contributed by atoms with Gasteiger partial charge in [-0.25, -0.2) is 4.98 Å². The Hall–Kier alpha value is -1.50. The molecule has 0 N–H and O–H groups in total. The minimum Gasteiger partial charge on any atom is -0.334 e. The van der Waals surface area contributed by atoms with Crippen molar-refractivity contribution in [1.82, 2.24) is 9.88 Å². The number of pyridine rings is 1. The summed E-state index contributed by atoms with van der Waals surface area (Å²) in [5, 5.41) is 0.418. The second-order valence-corrected chi connectivity index (χ2v) is 6.74. The first-order chi connectivity index (χ1) is 12.1. The lowest BCUT2D eigenvalue weighted by molar-refractivity contribution is -0.138. The van der Waals surface area contributed by atoms with Gasteiger partial charge in [0.1, 0.15) is 5.15 Å². The van der Waals surface area contributed by atoms with Crippen molar-refractivity contribution < 1.29 is 18.0 Å². The number of halogens is 6. The first-order valence-electron chi connectivity index (χ1n) is 7.59. The van der Waals surface area contributed by atoms with Crippen LogP contribution in [0.3, 0.4) is 0 Å². The van der Waals surface area contributed by atoms with Crippen LogP contribution < -0.4 is 0 Å². The predicted molar refractivity (Wildman–Crippen MR) is 95.7 cm³/mol. The second-order valence-electron chi connectivity index (χ2n) is 5.51. The van der Waals surface area contributed by atoms with Crippen LogP contribution in [0, 0.1) is 0 Å². The molecule has 1 amide bonds. The molecule has 0 aliphatic heterocycles. The molecular formula is C17H14Cl3F3N2O. The van der Waals surface area contributed by atoms with Gasteiger partial charge in [-0.3, -0.25) is 4.79 Å². The molecule has 0 spiro atoms. The Kier molecular flexibility index (Phi) is 6.77. The maximum Gasteiger partial charge on any atom is 0.417 e. The molecule has 0 radical (unpaired) electrons. The highest BCUT2D eigenvalue weighted by molar-refractivity contribution is 6.35. The van der Waals surface area contributed by atoms with Gasteiger partial charge in [0.05, 0.1) is 11.1 Å². The zero-order valence-electron chi connectivity index (χ0n) is 13.6. The third kappa shape index (κ3) is 5.02. The van der Waals surface area contributed by atoms with Gasteiger partial charge in [0, 0.05) is 29.3 Å². The summed E-state index contributed by atoms with van der Waals surface area (Å²) in [6, 6.07) is 5.39. The average molecular weight is 426 g/mol.